The van der Waals surface area contributed by atoms with Crippen molar-refractivity contribution < 1.29 is 22.4 Å². The molecule has 0 saturated carbocycles. The van der Waals surface area contributed by atoms with Crippen LogP contribution in [0.2, 0.25) is 0 Å². The molecule has 10 heteroatoms. The quantitative estimate of drug-likeness (QED) is 0.394. The number of carbonyl (C=O) groups is 1. The predicted octanol–water partition coefficient (Wildman–Crippen LogP) is 3.22. The smallest absolute Gasteiger partial charge is 0.316 e. The van der Waals surface area contributed by atoms with Crippen LogP contribution in [0.25, 0.3) is 11.5 Å². The Labute approximate surface area is 172 Å². The zero-order valence-corrected chi connectivity index (χ0v) is 17.4. The number of aromatic nitrogens is 2. The molecule has 3 rings (SSSR count). The van der Waals surface area contributed by atoms with E-state index in [1.165, 1.54) is 11.4 Å². The van der Waals surface area contributed by atoms with Crippen molar-refractivity contribution in [3.05, 3.63) is 54.6 Å². The highest BCUT2D eigenvalue weighted by Crippen LogP contribution is 2.27. The van der Waals surface area contributed by atoms with Gasteiger partial charge in [0.25, 0.3) is 15.2 Å². The highest BCUT2D eigenvalue weighted by Gasteiger charge is 2.21. The third-order valence-corrected chi connectivity index (χ3v) is 6.50. The fourth-order valence-electron chi connectivity index (χ4n) is 2.41. The van der Waals surface area contributed by atoms with Crippen LogP contribution in [-0.2, 0) is 19.6 Å². The number of esters is 1. The third kappa shape index (κ3) is 4.96. The summed E-state index contributed by atoms with van der Waals surface area (Å²) in [6, 6.07) is 14.9. The summed E-state index contributed by atoms with van der Waals surface area (Å²) in [7, 11) is -2.16. The van der Waals surface area contributed by atoms with Crippen LogP contribution in [0.5, 0.6) is 0 Å². The Morgan fingerprint density at radius 1 is 1.10 bits per heavy atom. The first kappa shape index (κ1) is 20.9. The topological polar surface area (TPSA) is 103 Å². The van der Waals surface area contributed by atoms with E-state index in [0.29, 0.717) is 17.9 Å². The van der Waals surface area contributed by atoms with Crippen molar-refractivity contribution in [3.63, 3.8) is 0 Å². The number of hydrogen-bond donors (Lipinski definition) is 0. The van der Waals surface area contributed by atoms with Crippen molar-refractivity contribution in [2.24, 2.45) is 0 Å². The monoisotopic (exact) mass is 433 g/mol. The van der Waals surface area contributed by atoms with E-state index in [-0.39, 0.29) is 27.7 Å². The molecule has 3 aromatic rings. The number of carbonyl (C=O) groups excluding carboxylic acids is 1. The van der Waals surface area contributed by atoms with E-state index in [0.717, 1.165) is 11.8 Å². The molecule has 29 heavy (non-hydrogen) atoms. The molecule has 0 bridgehead atoms. The molecule has 0 atom stereocenters. The van der Waals surface area contributed by atoms with E-state index in [1.54, 1.807) is 61.5 Å². The number of thioether (sulfide) groups is 1. The third-order valence-electron chi connectivity index (χ3n) is 3.90. The number of hydrogen-bond acceptors (Lipinski definition) is 8. The maximum Gasteiger partial charge on any atom is 0.316 e. The minimum absolute atomic E-state index is 0.0799. The highest BCUT2D eigenvalue weighted by atomic mass is 32.2. The Bertz CT molecular complexity index is 1070. The van der Waals surface area contributed by atoms with Gasteiger partial charge in [-0.15, -0.1) is 10.2 Å². The zero-order valence-electron chi connectivity index (χ0n) is 15.8. The minimum atomic E-state index is -3.65. The van der Waals surface area contributed by atoms with Gasteiger partial charge in [0.05, 0.1) is 17.2 Å². The first-order chi connectivity index (χ1) is 13.9. The number of ether oxygens (including phenoxy) is 1. The van der Waals surface area contributed by atoms with E-state index < -0.39 is 10.0 Å². The Morgan fingerprint density at radius 2 is 1.79 bits per heavy atom. The standard InChI is InChI=1S/C19H19N3O5S2/c1-3-26-17(23)13-28-19-21-20-18(27-19)14-9-11-15(12-10-14)22(2)29(24,25)16-7-5-4-6-8-16/h4-12H,3,13H2,1-2H3. The van der Waals surface area contributed by atoms with Crippen LogP contribution in [0, 0.1) is 0 Å². The van der Waals surface area contributed by atoms with Crippen LogP contribution in [0.3, 0.4) is 0 Å². The molecule has 0 aliphatic heterocycles. The Kier molecular flexibility index (Phi) is 6.55. The molecule has 2 aromatic carbocycles. The summed E-state index contributed by atoms with van der Waals surface area (Å²) >= 11 is 1.09. The summed E-state index contributed by atoms with van der Waals surface area (Å²) in [5.41, 5.74) is 1.13. The SMILES string of the molecule is CCOC(=O)CSc1nnc(-c2ccc(N(C)S(=O)(=O)c3ccccc3)cc2)o1. The van der Waals surface area contributed by atoms with Gasteiger partial charge in [-0.25, -0.2) is 8.42 Å². The van der Waals surface area contributed by atoms with Crippen molar-refractivity contribution in [3.8, 4) is 11.5 Å². The summed E-state index contributed by atoms with van der Waals surface area (Å²) in [6.45, 7) is 2.05. The van der Waals surface area contributed by atoms with E-state index in [4.69, 9.17) is 9.15 Å². The normalized spacial score (nSPS) is 11.2. The van der Waals surface area contributed by atoms with Gasteiger partial charge < -0.3 is 9.15 Å². The molecular weight excluding hydrogens is 414 g/mol. The largest absolute Gasteiger partial charge is 0.465 e. The zero-order chi connectivity index (χ0) is 20.9. The van der Waals surface area contributed by atoms with Crippen LogP contribution in [-0.4, -0.2) is 44.0 Å². The molecule has 152 valence electrons. The molecule has 0 spiro atoms. The number of sulfonamides is 1. The summed E-state index contributed by atoms with van der Waals surface area (Å²) in [5.74, 6) is -0.00273. The maximum absolute atomic E-state index is 12.7. The molecule has 0 unspecified atom stereocenters. The molecule has 8 nitrogen and oxygen atoms in total. The average Bonchev–Trinajstić information content (AvgIpc) is 3.22. The minimum Gasteiger partial charge on any atom is -0.465 e. The summed E-state index contributed by atoms with van der Waals surface area (Å²) in [6.07, 6.45) is 0. The van der Waals surface area contributed by atoms with E-state index >= 15 is 0 Å². The fourth-order valence-corrected chi connectivity index (χ4v) is 4.19. The van der Waals surface area contributed by atoms with Gasteiger partial charge in [0, 0.05) is 12.6 Å². The molecule has 0 amide bonds. The van der Waals surface area contributed by atoms with Gasteiger partial charge in [0.1, 0.15) is 5.75 Å². The number of benzene rings is 2. The summed E-state index contributed by atoms with van der Waals surface area (Å²) in [4.78, 5) is 11.6. The van der Waals surface area contributed by atoms with Crippen molar-refractivity contribution in [1.82, 2.24) is 10.2 Å². The molecule has 0 radical (unpaired) electrons. The predicted molar refractivity (Wildman–Crippen MR) is 109 cm³/mol. The first-order valence-electron chi connectivity index (χ1n) is 8.68. The van der Waals surface area contributed by atoms with E-state index in [2.05, 4.69) is 10.2 Å². The number of rotatable bonds is 8. The van der Waals surface area contributed by atoms with Crippen molar-refractivity contribution in [2.75, 3.05) is 23.7 Å². The van der Waals surface area contributed by atoms with Crippen LogP contribution in [0.4, 0.5) is 5.69 Å². The molecule has 0 saturated heterocycles. The molecule has 1 heterocycles. The molecular formula is C19H19N3O5S2. The molecule has 0 N–H and O–H groups in total. The lowest BCUT2D eigenvalue weighted by atomic mass is 10.2. The van der Waals surface area contributed by atoms with Crippen molar-refractivity contribution in [2.45, 2.75) is 17.0 Å². The van der Waals surface area contributed by atoms with Gasteiger partial charge in [-0.3, -0.25) is 9.10 Å². The first-order valence-corrected chi connectivity index (χ1v) is 11.1. The van der Waals surface area contributed by atoms with Gasteiger partial charge in [-0.1, -0.05) is 30.0 Å². The highest BCUT2D eigenvalue weighted by molar-refractivity contribution is 7.99. The van der Waals surface area contributed by atoms with Crippen LogP contribution >= 0.6 is 11.8 Å². The summed E-state index contributed by atoms with van der Waals surface area (Å²) in [5, 5.41) is 8.10. The van der Waals surface area contributed by atoms with Gasteiger partial charge in [-0.05, 0) is 43.3 Å². The molecule has 0 fully saturated rings. The second-order valence-corrected chi connectivity index (χ2v) is 8.70. The van der Waals surface area contributed by atoms with Crippen molar-refractivity contribution >= 4 is 33.4 Å². The lowest BCUT2D eigenvalue weighted by Gasteiger charge is -2.19. The van der Waals surface area contributed by atoms with Crippen molar-refractivity contribution in [1.29, 1.82) is 0 Å². The second kappa shape index (κ2) is 9.10. The fraction of sp³-hybridized carbons (Fsp3) is 0.211. The van der Waals surface area contributed by atoms with Gasteiger partial charge in [0.2, 0.25) is 5.89 Å². The lowest BCUT2D eigenvalue weighted by molar-refractivity contribution is -0.139. The Morgan fingerprint density at radius 3 is 2.45 bits per heavy atom. The second-order valence-electron chi connectivity index (χ2n) is 5.80. The maximum atomic E-state index is 12.7. The van der Waals surface area contributed by atoms with Gasteiger partial charge in [0.15, 0.2) is 0 Å². The van der Waals surface area contributed by atoms with E-state index in [1.807, 2.05) is 0 Å². The number of anilines is 1. The molecule has 1 aromatic heterocycles. The lowest BCUT2D eigenvalue weighted by Crippen LogP contribution is -2.26. The van der Waals surface area contributed by atoms with Crippen LogP contribution < -0.4 is 4.31 Å². The van der Waals surface area contributed by atoms with Crippen LogP contribution in [0.15, 0.2) is 69.1 Å². The Hall–Kier alpha value is -2.85. The molecule has 0 aliphatic rings. The van der Waals surface area contributed by atoms with E-state index in [9.17, 15) is 13.2 Å². The van der Waals surface area contributed by atoms with Gasteiger partial charge in [-0.2, -0.15) is 0 Å². The van der Waals surface area contributed by atoms with Gasteiger partial charge >= 0.3 is 5.97 Å². The molecule has 0 aliphatic carbocycles. The number of nitrogens with zero attached hydrogens (tertiary/aromatic N) is 3. The Balaban J connectivity index is 1.71. The summed E-state index contributed by atoms with van der Waals surface area (Å²) < 4.78 is 37.0. The van der Waals surface area contributed by atoms with Crippen LogP contribution in [0.1, 0.15) is 6.92 Å². The average molecular weight is 434 g/mol.